The van der Waals surface area contributed by atoms with Crippen molar-refractivity contribution < 1.29 is 0 Å². The third kappa shape index (κ3) is 2.22. The number of rotatable bonds is 3. The Balaban J connectivity index is 2.11. The lowest BCUT2D eigenvalue weighted by Crippen LogP contribution is -2.18. The fourth-order valence-electron chi connectivity index (χ4n) is 1.57. The Kier molecular flexibility index (Phi) is 2.78. The topological polar surface area (TPSA) is 56.7 Å². The van der Waals surface area contributed by atoms with Gasteiger partial charge >= 0.3 is 0 Å². The first kappa shape index (κ1) is 9.86. The van der Waals surface area contributed by atoms with Gasteiger partial charge in [-0.25, -0.2) is 4.98 Å². The highest BCUT2D eigenvalue weighted by atomic mass is 15.1. The molecule has 15 heavy (non-hydrogen) atoms. The van der Waals surface area contributed by atoms with Crippen molar-refractivity contribution in [2.75, 3.05) is 0 Å². The van der Waals surface area contributed by atoms with Crippen LogP contribution in [0.25, 0.3) is 0 Å². The number of nitrogens with zero attached hydrogens (tertiary/aromatic N) is 3. The molecule has 0 radical (unpaired) electrons. The van der Waals surface area contributed by atoms with E-state index < -0.39 is 0 Å². The van der Waals surface area contributed by atoms with Crippen LogP contribution in [-0.2, 0) is 13.5 Å². The maximum Gasteiger partial charge on any atom is 0.125 e. The number of hydrogen-bond acceptors (Lipinski definition) is 3. The van der Waals surface area contributed by atoms with Crippen molar-refractivity contribution in [3.05, 3.63) is 48.3 Å². The van der Waals surface area contributed by atoms with Crippen LogP contribution in [0.3, 0.4) is 0 Å². The first-order chi connectivity index (χ1) is 7.27. The normalized spacial score (nSPS) is 12.7. The minimum Gasteiger partial charge on any atom is -0.337 e. The molecule has 0 fully saturated rings. The molecule has 0 saturated carbocycles. The molecule has 0 amide bonds. The summed E-state index contributed by atoms with van der Waals surface area (Å²) >= 11 is 0. The SMILES string of the molecule is Cn1ccnc1C(N)Cc1ccccn1. The second-order valence-corrected chi connectivity index (χ2v) is 3.53. The number of pyridine rings is 1. The highest BCUT2D eigenvalue weighted by Crippen LogP contribution is 2.11. The van der Waals surface area contributed by atoms with Crippen LogP contribution < -0.4 is 5.73 Å². The molecule has 1 unspecified atom stereocenters. The van der Waals surface area contributed by atoms with E-state index in [4.69, 9.17) is 5.73 Å². The van der Waals surface area contributed by atoms with Gasteiger partial charge in [0, 0.05) is 37.8 Å². The van der Waals surface area contributed by atoms with Gasteiger partial charge < -0.3 is 10.3 Å². The van der Waals surface area contributed by atoms with Crippen LogP contribution in [0.2, 0.25) is 0 Å². The van der Waals surface area contributed by atoms with E-state index in [1.165, 1.54) is 0 Å². The zero-order chi connectivity index (χ0) is 10.7. The summed E-state index contributed by atoms with van der Waals surface area (Å²) in [5, 5.41) is 0. The summed E-state index contributed by atoms with van der Waals surface area (Å²) in [6.07, 6.45) is 6.15. The zero-order valence-corrected chi connectivity index (χ0v) is 8.67. The third-order valence-electron chi connectivity index (χ3n) is 2.35. The molecule has 2 rings (SSSR count). The maximum absolute atomic E-state index is 6.05. The van der Waals surface area contributed by atoms with Crippen LogP contribution >= 0.6 is 0 Å². The molecule has 2 aromatic heterocycles. The minimum absolute atomic E-state index is 0.0973. The molecule has 0 aliphatic carbocycles. The molecule has 2 N–H and O–H groups in total. The molecule has 0 aliphatic rings. The summed E-state index contributed by atoms with van der Waals surface area (Å²) in [6, 6.07) is 5.74. The number of aryl methyl sites for hydroxylation is 1. The van der Waals surface area contributed by atoms with Crippen LogP contribution in [-0.4, -0.2) is 14.5 Å². The molecule has 0 bridgehead atoms. The number of aromatic nitrogens is 3. The van der Waals surface area contributed by atoms with E-state index >= 15 is 0 Å². The smallest absolute Gasteiger partial charge is 0.125 e. The zero-order valence-electron chi connectivity index (χ0n) is 8.67. The summed E-state index contributed by atoms with van der Waals surface area (Å²) in [6.45, 7) is 0. The molecule has 0 aromatic carbocycles. The molecule has 0 saturated heterocycles. The fourth-order valence-corrected chi connectivity index (χ4v) is 1.57. The van der Waals surface area contributed by atoms with E-state index in [9.17, 15) is 0 Å². The van der Waals surface area contributed by atoms with Gasteiger partial charge in [0.25, 0.3) is 0 Å². The number of imidazole rings is 1. The first-order valence-corrected chi connectivity index (χ1v) is 4.90. The van der Waals surface area contributed by atoms with Crippen molar-refractivity contribution in [2.45, 2.75) is 12.5 Å². The monoisotopic (exact) mass is 202 g/mol. The molecule has 4 heteroatoms. The highest BCUT2D eigenvalue weighted by Gasteiger charge is 2.11. The van der Waals surface area contributed by atoms with Gasteiger partial charge in [0.1, 0.15) is 5.82 Å². The van der Waals surface area contributed by atoms with Crippen molar-refractivity contribution in [3.63, 3.8) is 0 Å². The van der Waals surface area contributed by atoms with Crippen molar-refractivity contribution in [1.82, 2.24) is 14.5 Å². The lowest BCUT2D eigenvalue weighted by molar-refractivity contribution is 0.624. The van der Waals surface area contributed by atoms with E-state index in [1.54, 1.807) is 12.4 Å². The standard InChI is InChI=1S/C11H14N4/c1-15-7-6-14-11(15)10(12)8-9-4-2-3-5-13-9/h2-7,10H,8,12H2,1H3. The van der Waals surface area contributed by atoms with Gasteiger partial charge in [-0.3, -0.25) is 4.98 Å². The summed E-state index contributed by atoms with van der Waals surface area (Å²) in [7, 11) is 1.95. The Morgan fingerprint density at radius 2 is 2.20 bits per heavy atom. The van der Waals surface area contributed by atoms with Gasteiger partial charge in [0.2, 0.25) is 0 Å². The van der Waals surface area contributed by atoms with Crippen LogP contribution in [0.5, 0.6) is 0 Å². The van der Waals surface area contributed by atoms with Crippen molar-refractivity contribution >= 4 is 0 Å². The minimum atomic E-state index is -0.0973. The molecular formula is C11H14N4. The molecule has 1 atom stereocenters. The van der Waals surface area contributed by atoms with Crippen molar-refractivity contribution in [3.8, 4) is 0 Å². The van der Waals surface area contributed by atoms with E-state index in [2.05, 4.69) is 9.97 Å². The molecule has 2 heterocycles. The van der Waals surface area contributed by atoms with Gasteiger partial charge in [-0.05, 0) is 12.1 Å². The predicted molar refractivity (Wildman–Crippen MR) is 58.1 cm³/mol. The Bertz CT molecular complexity index is 421. The first-order valence-electron chi connectivity index (χ1n) is 4.90. The average Bonchev–Trinajstić information content (AvgIpc) is 2.66. The van der Waals surface area contributed by atoms with Gasteiger partial charge in [-0.1, -0.05) is 6.07 Å². The molecular weight excluding hydrogens is 188 g/mol. The van der Waals surface area contributed by atoms with Crippen LogP contribution in [0.15, 0.2) is 36.8 Å². The maximum atomic E-state index is 6.05. The van der Waals surface area contributed by atoms with Crippen LogP contribution in [0, 0.1) is 0 Å². The number of hydrogen-bond donors (Lipinski definition) is 1. The van der Waals surface area contributed by atoms with Gasteiger partial charge in [0.15, 0.2) is 0 Å². The second kappa shape index (κ2) is 4.23. The summed E-state index contributed by atoms with van der Waals surface area (Å²) in [5.74, 6) is 0.889. The van der Waals surface area contributed by atoms with Crippen LogP contribution in [0.1, 0.15) is 17.6 Å². The van der Waals surface area contributed by atoms with Gasteiger partial charge in [-0.15, -0.1) is 0 Å². The van der Waals surface area contributed by atoms with E-state index in [0.29, 0.717) is 6.42 Å². The lowest BCUT2D eigenvalue weighted by Gasteiger charge is -2.10. The summed E-state index contributed by atoms with van der Waals surface area (Å²) < 4.78 is 1.94. The summed E-state index contributed by atoms with van der Waals surface area (Å²) in [4.78, 5) is 8.46. The van der Waals surface area contributed by atoms with E-state index in [0.717, 1.165) is 11.5 Å². The molecule has 2 aromatic rings. The predicted octanol–water partition coefficient (Wildman–Crippen LogP) is 1.06. The van der Waals surface area contributed by atoms with Crippen molar-refractivity contribution in [2.24, 2.45) is 12.8 Å². The Morgan fingerprint density at radius 3 is 2.80 bits per heavy atom. The van der Waals surface area contributed by atoms with E-state index in [1.807, 2.05) is 36.0 Å². The molecule has 4 nitrogen and oxygen atoms in total. The molecule has 0 spiro atoms. The Morgan fingerprint density at radius 1 is 1.33 bits per heavy atom. The molecule has 78 valence electrons. The van der Waals surface area contributed by atoms with Gasteiger partial charge in [-0.2, -0.15) is 0 Å². The average molecular weight is 202 g/mol. The fraction of sp³-hybridized carbons (Fsp3) is 0.273. The third-order valence-corrected chi connectivity index (χ3v) is 2.35. The number of nitrogens with two attached hydrogens (primary N) is 1. The highest BCUT2D eigenvalue weighted by molar-refractivity contribution is 5.08. The van der Waals surface area contributed by atoms with E-state index in [-0.39, 0.29) is 6.04 Å². The quantitative estimate of drug-likeness (QED) is 0.809. The van der Waals surface area contributed by atoms with Crippen LogP contribution in [0.4, 0.5) is 0 Å². The van der Waals surface area contributed by atoms with Crippen molar-refractivity contribution in [1.29, 1.82) is 0 Å². The summed E-state index contributed by atoms with van der Waals surface area (Å²) in [5.41, 5.74) is 7.04. The molecule has 0 aliphatic heterocycles. The Hall–Kier alpha value is -1.68. The largest absolute Gasteiger partial charge is 0.337 e. The van der Waals surface area contributed by atoms with Gasteiger partial charge in [0.05, 0.1) is 6.04 Å². The lowest BCUT2D eigenvalue weighted by atomic mass is 10.1. The second-order valence-electron chi connectivity index (χ2n) is 3.53. The Labute approximate surface area is 88.8 Å².